The largest absolute Gasteiger partial charge is 0.384 e. The summed E-state index contributed by atoms with van der Waals surface area (Å²) in [6.07, 6.45) is 2.25. The highest BCUT2D eigenvalue weighted by Crippen LogP contribution is 2.29. The first-order chi connectivity index (χ1) is 8.63. The predicted octanol–water partition coefficient (Wildman–Crippen LogP) is 1.84. The average Bonchev–Trinajstić information content (AvgIpc) is 3.17. The van der Waals surface area contributed by atoms with Gasteiger partial charge in [-0.15, -0.1) is 0 Å². The lowest BCUT2D eigenvalue weighted by Crippen LogP contribution is -2.34. The number of carbonyl (C=O) groups excluding carboxylic acids is 1. The van der Waals surface area contributed by atoms with Gasteiger partial charge in [0.2, 0.25) is 0 Å². The maximum Gasteiger partial charge on any atom is 0.274 e. The van der Waals surface area contributed by atoms with Gasteiger partial charge in [0, 0.05) is 12.6 Å². The first-order valence-electron chi connectivity index (χ1n) is 5.73. The van der Waals surface area contributed by atoms with Crippen LogP contribution in [0.5, 0.6) is 0 Å². The van der Waals surface area contributed by atoms with Gasteiger partial charge in [0.15, 0.2) is 0 Å². The molecule has 1 aliphatic rings. The number of rotatable bonds is 4. The molecule has 2 N–H and O–H groups in total. The van der Waals surface area contributed by atoms with E-state index in [0.717, 1.165) is 12.8 Å². The van der Waals surface area contributed by atoms with Crippen LogP contribution in [-0.4, -0.2) is 28.4 Å². The maximum absolute atomic E-state index is 12.3. The molecule has 1 amide bonds. The molecule has 6 heteroatoms. The summed E-state index contributed by atoms with van der Waals surface area (Å²) in [4.78, 5) is 18.0. The molecule has 5 nitrogen and oxygen atoms in total. The third kappa shape index (κ3) is 2.71. The Bertz CT molecular complexity index is 507. The van der Waals surface area contributed by atoms with E-state index in [2.05, 4.69) is 4.98 Å². The molecule has 1 saturated carbocycles. The van der Waals surface area contributed by atoms with Gasteiger partial charge in [-0.05, 0) is 25.0 Å². The fourth-order valence-electron chi connectivity index (χ4n) is 1.75. The number of nitrogens with zero attached hydrogens (tertiary/aromatic N) is 3. The number of amides is 1. The van der Waals surface area contributed by atoms with E-state index in [1.165, 1.54) is 0 Å². The van der Waals surface area contributed by atoms with E-state index >= 15 is 0 Å². The highest BCUT2D eigenvalue weighted by atomic mass is 35.5. The molecular weight excluding hydrogens is 252 g/mol. The number of hydrogen-bond acceptors (Lipinski definition) is 4. The average molecular weight is 265 g/mol. The third-order valence-corrected chi connectivity index (χ3v) is 3.09. The van der Waals surface area contributed by atoms with Crippen LogP contribution in [0.2, 0.25) is 5.02 Å². The maximum atomic E-state index is 12.3. The minimum atomic E-state index is -0.245. The van der Waals surface area contributed by atoms with Crippen LogP contribution in [0, 0.1) is 11.3 Å². The second-order valence-electron chi connectivity index (χ2n) is 4.20. The molecule has 1 fully saturated rings. The van der Waals surface area contributed by atoms with Crippen molar-refractivity contribution in [3.05, 3.63) is 22.8 Å². The Morgan fingerprint density at radius 2 is 2.33 bits per heavy atom. The Balaban J connectivity index is 2.22. The Morgan fingerprint density at radius 1 is 1.61 bits per heavy atom. The summed E-state index contributed by atoms with van der Waals surface area (Å²) in [6, 6.07) is 5.37. The number of nitrogens with two attached hydrogens (primary N) is 1. The zero-order chi connectivity index (χ0) is 13.1. The minimum absolute atomic E-state index is 0.168. The summed E-state index contributed by atoms with van der Waals surface area (Å²) in [5.41, 5.74) is 5.73. The molecule has 1 heterocycles. The Morgan fingerprint density at radius 3 is 2.94 bits per heavy atom. The fraction of sp³-hybridized carbons (Fsp3) is 0.417. The van der Waals surface area contributed by atoms with Crippen molar-refractivity contribution in [3.63, 3.8) is 0 Å². The van der Waals surface area contributed by atoms with E-state index < -0.39 is 0 Å². The molecule has 0 radical (unpaired) electrons. The van der Waals surface area contributed by atoms with E-state index in [1.807, 2.05) is 6.07 Å². The summed E-state index contributed by atoms with van der Waals surface area (Å²) in [5, 5.41) is 8.91. The van der Waals surface area contributed by atoms with Gasteiger partial charge < -0.3 is 10.6 Å². The number of nitriles is 1. The van der Waals surface area contributed by atoms with Crippen molar-refractivity contribution in [3.8, 4) is 6.07 Å². The highest BCUT2D eigenvalue weighted by molar-refractivity contribution is 6.33. The first-order valence-corrected chi connectivity index (χ1v) is 6.11. The zero-order valence-corrected chi connectivity index (χ0v) is 10.5. The molecular formula is C12H13ClN4O. The predicted molar refractivity (Wildman–Crippen MR) is 67.9 cm³/mol. The van der Waals surface area contributed by atoms with Crippen LogP contribution in [0.4, 0.5) is 5.82 Å². The minimum Gasteiger partial charge on any atom is -0.384 e. The van der Waals surface area contributed by atoms with Gasteiger partial charge in [0.25, 0.3) is 5.91 Å². The number of carbonyl (C=O) groups is 1. The fourth-order valence-corrected chi connectivity index (χ4v) is 1.94. The van der Waals surface area contributed by atoms with Crippen LogP contribution >= 0.6 is 11.6 Å². The zero-order valence-electron chi connectivity index (χ0n) is 9.77. The Labute approximate surface area is 110 Å². The molecule has 0 spiro atoms. The van der Waals surface area contributed by atoms with Gasteiger partial charge in [0.05, 0.1) is 17.5 Å². The van der Waals surface area contributed by atoms with E-state index in [0.29, 0.717) is 13.0 Å². The summed E-state index contributed by atoms with van der Waals surface area (Å²) in [6.45, 7) is 0.410. The standard InChI is InChI=1S/C12H13ClN4O/c13-9-4-5-10(15)16-11(9)12(18)17(7-1-6-14)8-2-3-8/h4-5,8H,1-3,7H2,(H2,15,16). The molecule has 0 atom stereocenters. The van der Waals surface area contributed by atoms with Gasteiger partial charge in [-0.25, -0.2) is 4.98 Å². The summed E-state index contributed by atoms with van der Waals surface area (Å²) >= 11 is 5.96. The number of nitrogen functional groups attached to an aromatic ring is 1. The molecule has 2 rings (SSSR count). The summed E-state index contributed by atoms with van der Waals surface area (Å²) in [7, 11) is 0. The smallest absolute Gasteiger partial charge is 0.274 e. The lowest BCUT2D eigenvalue weighted by Gasteiger charge is -2.21. The molecule has 0 saturated heterocycles. The van der Waals surface area contributed by atoms with Crippen LogP contribution in [-0.2, 0) is 0 Å². The molecule has 0 aliphatic heterocycles. The van der Waals surface area contributed by atoms with Gasteiger partial charge >= 0.3 is 0 Å². The number of hydrogen-bond donors (Lipinski definition) is 1. The van der Waals surface area contributed by atoms with Crippen LogP contribution in [0.3, 0.4) is 0 Å². The van der Waals surface area contributed by atoms with Gasteiger partial charge in [0.1, 0.15) is 11.5 Å². The first kappa shape index (κ1) is 12.7. The lowest BCUT2D eigenvalue weighted by molar-refractivity contribution is 0.0741. The Hall–Kier alpha value is -1.80. The molecule has 94 valence electrons. The molecule has 1 aromatic rings. The molecule has 0 bridgehead atoms. The van der Waals surface area contributed by atoms with Crippen molar-refractivity contribution in [2.45, 2.75) is 25.3 Å². The number of aromatic nitrogens is 1. The van der Waals surface area contributed by atoms with E-state index in [-0.39, 0.29) is 28.5 Å². The Kier molecular flexibility index (Phi) is 3.68. The lowest BCUT2D eigenvalue weighted by atomic mass is 10.2. The van der Waals surface area contributed by atoms with Crippen molar-refractivity contribution in [1.29, 1.82) is 5.26 Å². The van der Waals surface area contributed by atoms with Crippen LogP contribution in [0.15, 0.2) is 12.1 Å². The molecule has 0 aromatic carbocycles. The number of pyridine rings is 1. The van der Waals surface area contributed by atoms with Gasteiger partial charge in [-0.1, -0.05) is 11.6 Å². The van der Waals surface area contributed by atoms with Crippen molar-refractivity contribution in [1.82, 2.24) is 9.88 Å². The van der Waals surface area contributed by atoms with E-state index in [1.54, 1.807) is 17.0 Å². The second-order valence-corrected chi connectivity index (χ2v) is 4.61. The van der Waals surface area contributed by atoms with Crippen molar-refractivity contribution in [2.75, 3.05) is 12.3 Å². The number of anilines is 1. The summed E-state index contributed by atoms with van der Waals surface area (Å²) < 4.78 is 0. The van der Waals surface area contributed by atoms with Crippen LogP contribution in [0.25, 0.3) is 0 Å². The van der Waals surface area contributed by atoms with Gasteiger partial charge in [-0.3, -0.25) is 4.79 Å². The highest BCUT2D eigenvalue weighted by Gasteiger charge is 2.34. The number of halogens is 1. The second kappa shape index (κ2) is 5.23. The molecule has 1 aromatic heterocycles. The topological polar surface area (TPSA) is 83.0 Å². The molecule has 1 aliphatic carbocycles. The molecule has 18 heavy (non-hydrogen) atoms. The normalized spacial score (nSPS) is 14.0. The third-order valence-electron chi connectivity index (χ3n) is 2.78. The van der Waals surface area contributed by atoms with E-state index in [9.17, 15) is 4.79 Å². The van der Waals surface area contributed by atoms with Crippen LogP contribution in [0.1, 0.15) is 29.8 Å². The molecule has 0 unspecified atom stereocenters. The quantitative estimate of drug-likeness (QED) is 0.899. The monoisotopic (exact) mass is 264 g/mol. The van der Waals surface area contributed by atoms with Crippen LogP contribution < -0.4 is 5.73 Å². The van der Waals surface area contributed by atoms with Crippen molar-refractivity contribution >= 4 is 23.3 Å². The van der Waals surface area contributed by atoms with Gasteiger partial charge in [-0.2, -0.15) is 5.26 Å². The van der Waals surface area contributed by atoms with Crippen molar-refractivity contribution in [2.24, 2.45) is 0 Å². The summed E-state index contributed by atoms with van der Waals surface area (Å²) in [5.74, 6) is 0.0174. The van der Waals surface area contributed by atoms with E-state index in [4.69, 9.17) is 22.6 Å². The SMILES string of the molecule is N#CCCN(C(=O)c1nc(N)ccc1Cl)C1CC1. The van der Waals surface area contributed by atoms with Crippen molar-refractivity contribution < 1.29 is 4.79 Å².